The first-order valence-corrected chi connectivity index (χ1v) is 34.2. The molecule has 19 rings (SSSR count). The van der Waals surface area contributed by atoms with E-state index in [0.29, 0.717) is 72.5 Å². The fourth-order valence-corrected chi connectivity index (χ4v) is 15.2. The molecule has 2 aliphatic rings. The number of fused-ring (bicyclic) bond motifs is 13. The van der Waals surface area contributed by atoms with Crippen molar-refractivity contribution in [1.82, 2.24) is 9.13 Å². The van der Waals surface area contributed by atoms with E-state index >= 15 is 0 Å². The Morgan fingerprint density at radius 2 is 0.735 bits per heavy atom. The van der Waals surface area contributed by atoms with Crippen molar-refractivity contribution < 1.29 is 34.6 Å². The summed E-state index contributed by atoms with van der Waals surface area (Å²) < 4.78 is 229. The summed E-state index contributed by atoms with van der Waals surface area (Å²) in [6, 6.07) is 38.8. The molecule has 3 aromatic heterocycles. The molecule has 0 bridgehead atoms. The van der Waals surface area contributed by atoms with Crippen LogP contribution in [0.1, 0.15) is 109 Å². The van der Waals surface area contributed by atoms with E-state index in [1.807, 2.05) is 161 Å². The Morgan fingerprint density at radius 3 is 1.25 bits per heavy atom. The van der Waals surface area contributed by atoms with Crippen LogP contribution in [0.5, 0.6) is 0 Å². The summed E-state index contributed by atoms with van der Waals surface area (Å²) in [5.74, 6) is 0. The summed E-state index contributed by atoms with van der Waals surface area (Å²) in [6.45, 7) is 17.2. The number of hydrogen-bond donors (Lipinski definition) is 0. The van der Waals surface area contributed by atoms with Crippen molar-refractivity contribution in [2.45, 2.75) is 78.6 Å². The lowest BCUT2D eigenvalue weighted by Gasteiger charge is -2.45. The summed E-state index contributed by atoms with van der Waals surface area (Å²) in [7, 11) is 0. The lowest BCUT2D eigenvalue weighted by Crippen LogP contribution is -2.61. The summed E-state index contributed by atoms with van der Waals surface area (Å²) in [4.78, 5) is 3.69. The van der Waals surface area contributed by atoms with E-state index in [0.717, 1.165) is 36.6 Å². The molecule has 17 aromatic rings. The minimum absolute atomic E-state index is 0.167. The van der Waals surface area contributed by atoms with E-state index in [9.17, 15) is 24.7 Å². The van der Waals surface area contributed by atoms with E-state index in [4.69, 9.17) is 9.90 Å². The van der Waals surface area contributed by atoms with Crippen molar-refractivity contribution in [3.63, 3.8) is 0 Å². The van der Waals surface area contributed by atoms with Crippen LogP contribution in [0.15, 0.2) is 307 Å². The van der Waals surface area contributed by atoms with Gasteiger partial charge in [-0.25, -0.2) is 0 Å². The van der Waals surface area contributed by atoms with Gasteiger partial charge in [-0.15, -0.1) is 0 Å². The Morgan fingerprint density at radius 1 is 0.314 bits per heavy atom. The summed E-state index contributed by atoms with van der Waals surface area (Å²) in [6.07, 6.45) is 0. The van der Waals surface area contributed by atoms with Crippen LogP contribution in [0, 0.1) is 0 Å². The zero-order valence-corrected chi connectivity index (χ0v) is 57.4. The van der Waals surface area contributed by atoms with Gasteiger partial charge in [-0.3, -0.25) is 0 Å². The van der Waals surface area contributed by atoms with Crippen molar-refractivity contribution in [3.05, 3.63) is 319 Å². The maximum absolute atomic E-state index is 11.8. The monoisotopic (exact) mass is 1330 g/mol. The van der Waals surface area contributed by atoms with Gasteiger partial charge in [-0.2, -0.15) is 0 Å². The first-order chi connectivity index (χ1) is 58.7. The molecule has 102 heavy (non-hydrogen) atoms. The molecule has 0 atom stereocenters. The van der Waals surface area contributed by atoms with Crippen molar-refractivity contribution in [2.24, 2.45) is 0 Å². The van der Waals surface area contributed by atoms with Crippen LogP contribution in [0.4, 0.5) is 34.1 Å². The van der Waals surface area contributed by atoms with Gasteiger partial charge < -0.3 is 23.4 Å². The van der Waals surface area contributed by atoms with Crippen LogP contribution < -0.4 is 26.2 Å². The Bertz CT molecular complexity index is 7470. The highest BCUT2D eigenvalue weighted by Gasteiger charge is 2.46. The van der Waals surface area contributed by atoms with Crippen molar-refractivity contribution in [3.8, 4) is 55.9 Å². The van der Waals surface area contributed by atoms with Crippen molar-refractivity contribution >= 4 is 123 Å². The Kier molecular flexibility index (Phi) is 9.47. The highest BCUT2D eigenvalue weighted by atomic mass is 16.3. The second kappa shape index (κ2) is 22.8. The second-order valence-electron chi connectivity index (χ2n) is 29.6. The van der Waals surface area contributed by atoms with E-state index in [2.05, 4.69) is 80.5 Å². The predicted octanol–water partition coefficient (Wildman–Crippen LogP) is 24.4. The van der Waals surface area contributed by atoms with Crippen LogP contribution in [0.25, 0.3) is 121 Å². The van der Waals surface area contributed by atoms with Crippen molar-refractivity contribution in [1.29, 1.82) is 0 Å². The maximum atomic E-state index is 11.8. The van der Waals surface area contributed by atoms with Crippen LogP contribution in [-0.2, 0) is 16.2 Å². The van der Waals surface area contributed by atoms with Crippen LogP contribution >= 0.6 is 0 Å². The second-order valence-corrected chi connectivity index (χ2v) is 29.6. The number of aromatic nitrogens is 2. The lowest BCUT2D eigenvalue weighted by atomic mass is 9.33. The molecule has 490 valence electrons. The molecule has 5 nitrogen and oxygen atoms in total. The van der Waals surface area contributed by atoms with E-state index < -0.39 is 189 Å². The fraction of sp³-hybridized carbons (Fsp3) is 0.125. The van der Waals surface area contributed by atoms with E-state index in [1.165, 1.54) is 0 Å². The molecule has 6 heteroatoms. The third-order valence-electron chi connectivity index (χ3n) is 20.3. The first kappa shape index (κ1) is 42.3. The molecule has 0 radical (unpaired) electrons. The quantitative estimate of drug-likeness (QED) is 0.142. The van der Waals surface area contributed by atoms with Crippen molar-refractivity contribution in [2.75, 3.05) is 9.80 Å². The summed E-state index contributed by atoms with van der Waals surface area (Å²) in [5, 5.41) is 0.0734. The molecule has 14 aromatic carbocycles. The highest BCUT2D eigenvalue weighted by molar-refractivity contribution is 7.00. The van der Waals surface area contributed by atoms with E-state index in [1.54, 1.807) is 0 Å². The Labute approximate surface area is 627 Å². The maximum Gasteiger partial charge on any atom is 0.252 e. The average Bonchev–Trinajstić information content (AvgIpc) is 1.01. The molecule has 5 heterocycles. The predicted molar refractivity (Wildman–Crippen MR) is 434 cm³/mol. The molecular weight excluding hydrogens is 1240 g/mol. The van der Waals surface area contributed by atoms with Gasteiger partial charge in [0.2, 0.25) is 0 Å². The van der Waals surface area contributed by atoms with Gasteiger partial charge in [0, 0.05) is 83.1 Å². The molecular formula is C96H77BN4O. The average molecular weight is 1340 g/mol. The van der Waals surface area contributed by atoms with E-state index in [-0.39, 0.29) is 55.2 Å². The molecule has 0 amide bonds. The van der Waals surface area contributed by atoms with Gasteiger partial charge in [-0.05, 0) is 162 Å². The minimum atomic E-state index is -1.66. The zero-order chi connectivity index (χ0) is 88.2. The molecule has 2 aliphatic heterocycles. The van der Waals surface area contributed by atoms with Gasteiger partial charge >= 0.3 is 0 Å². The largest absolute Gasteiger partial charge is 0.456 e. The van der Waals surface area contributed by atoms with Gasteiger partial charge in [0.1, 0.15) is 11.2 Å². The van der Waals surface area contributed by atoms with Crippen LogP contribution in [0.2, 0.25) is 0 Å². The third kappa shape index (κ3) is 9.67. The summed E-state index contributed by atoms with van der Waals surface area (Å²) >= 11 is 0. The highest BCUT2D eigenvalue weighted by Crippen LogP contribution is 2.54. The fourth-order valence-electron chi connectivity index (χ4n) is 15.2. The lowest BCUT2D eigenvalue weighted by molar-refractivity contribution is 0.590. The number of rotatable bonds is 8. The molecule has 0 saturated heterocycles. The zero-order valence-electron chi connectivity index (χ0n) is 79.4. The van der Waals surface area contributed by atoms with Gasteiger partial charge in [0.05, 0.1) is 63.6 Å². The van der Waals surface area contributed by atoms with Gasteiger partial charge in [0.25, 0.3) is 6.71 Å². The smallest absolute Gasteiger partial charge is 0.252 e. The molecule has 0 unspecified atom stereocenters. The molecule has 0 spiro atoms. The number of anilines is 6. The van der Waals surface area contributed by atoms with Gasteiger partial charge in [-0.1, -0.05) is 280 Å². The standard InChI is InChI=1S/C96H77BN4O/c1-94(2,3)65-29-22-26-61(52-65)70-32-10-16-40-81(70)100-86-58-68(98-82-41-17-11-33-73(82)74-34-12-18-42-83(74)98)47-49-79(86)97-80-50-48-69(99-84-43-19-13-35-75(84)76-36-14-20-44-85(76)99)59-87(80)101(89-57-64(56-88(100)92(89)97)60-46-51-91-78(55-60)77-37-15-21-45-90(77)102-91)93-71(62-27-23-30-66(53-62)95(4,5)6)38-25-39-72(93)63-28-24-31-67(54-63)96(7,8)9/h10-59H,1-9H3/i11D,12D,13D,14D,17D,18D,19D,20D,33D,34D,35D,36D,41D,42D,43D,44D,47D,48D,49D,50D,58D,59D. The normalized spacial score (nSPS) is 16.1. The number of para-hydroxylation sites is 7. The van der Waals surface area contributed by atoms with Gasteiger partial charge in [0.15, 0.2) is 0 Å². The molecule has 0 aliphatic carbocycles. The van der Waals surface area contributed by atoms with Crippen LogP contribution in [-0.4, -0.2) is 15.8 Å². The molecule has 0 saturated carbocycles. The minimum Gasteiger partial charge on any atom is -0.456 e. The summed E-state index contributed by atoms with van der Waals surface area (Å²) in [5.41, 5.74) is 5.49. The Balaban J connectivity index is 1.08. The first-order valence-electron chi connectivity index (χ1n) is 45.2. The number of nitrogens with zero attached hydrogens (tertiary/aromatic N) is 4. The SMILES string of the molecule is [2H]c1c([2H])c(-n2c3c([2H])c([2H])c([2H])c([2H])c3c3c([2H])c([2H])c([2H])c([2H])c32)c([2H])c2c1B1c3c(cc(-c4ccc5oc6ccccc6c5c4)cc3N(c3c(-c4cccc(C(C)(C)C)c4)cccc3-c3cccc(C(C)(C)C)c3)c3c([2H])c(-n4c5c([2H])c([2H])c([2H])c([2H])c5c5c([2H])c([2H])c([2H])c([2H])c54)c([2H])c([2H])c31)N2c1ccccc1-c1cccc(C(C)(C)C)c1. The Hall–Kier alpha value is -11.9. The number of furan rings is 1. The molecule has 0 N–H and O–H groups in total. The number of hydrogen-bond acceptors (Lipinski definition) is 3. The topological polar surface area (TPSA) is 29.5 Å². The molecule has 0 fully saturated rings. The number of benzene rings is 14. The van der Waals surface area contributed by atoms with Crippen LogP contribution in [0.3, 0.4) is 0 Å². The third-order valence-corrected chi connectivity index (χ3v) is 20.3.